The van der Waals surface area contributed by atoms with Crippen molar-refractivity contribution in [1.29, 1.82) is 0 Å². The topological polar surface area (TPSA) is 57.1 Å². The van der Waals surface area contributed by atoms with Gasteiger partial charge in [-0.3, -0.25) is 0 Å². The lowest BCUT2D eigenvalue weighted by Crippen LogP contribution is -2.00. The first-order valence-electron chi connectivity index (χ1n) is 11.4. The summed E-state index contributed by atoms with van der Waals surface area (Å²) in [5, 5.41) is 9.71. The number of hydrogen-bond acceptors (Lipinski definition) is 6. The maximum Gasteiger partial charge on any atom is 0.209 e. The molecule has 5 nitrogen and oxygen atoms in total. The van der Waals surface area contributed by atoms with Crippen LogP contribution in [0.3, 0.4) is 0 Å². The highest BCUT2D eigenvalue weighted by atomic mass is 32.2. The molecule has 32 heavy (non-hydrogen) atoms. The standard InChI is InChI=1S/C26H33N3O2S/c1-4-5-6-7-8-9-10-19-32-26-27-24(20-11-15-22(30-2)16-12-20)25(28-29-26)21-13-17-23(31-3)18-14-21/h11-18H,4-10,19H2,1-3H3. The van der Waals surface area contributed by atoms with Crippen molar-refractivity contribution in [2.45, 2.75) is 57.0 Å². The van der Waals surface area contributed by atoms with E-state index < -0.39 is 0 Å². The molecule has 0 aliphatic carbocycles. The maximum absolute atomic E-state index is 5.31. The zero-order valence-corrected chi connectivity index (χ0v) is 20.2. The minimum absolute atomic E-state index is 0.721. The van der Waals surface area contributed by atoms with Gasteiger partial charge in [-0.25, -0.2) is 4.98 Å². The van der Waals surface area contributed by atoms with E-state index in [0.717, 1.165) is 44.9 Å². The van der Waals surface area contributed by atoms with Crippen LogP contribution in [0.4, 0.5) is 0 Å². The van der Waals surface area contributed by atoms with Crippen LogP contribution < -0.4 is 9.47 Å². The first-order valence-corrected chi connectivity index (χ1v) is 12.4. The fourth-order valence-corrected chi connectivity index (χ4v) is 4.27. The van der Waals surface area contributed by atoms with Crippen LogP contribution in [0, 0.1) is 0 Å². The van der Waals surface area contributed by atoms with Crippen LogP contribution in [0.15, 0.2) is 53.7 Å². The van der Waals surface area contributed by atoms with E-state index in [2.05, 4.69) is 17.1 Å². The number of thioether (sulfide) groups is 1. The van der Waals surface area contributed by atoms with Crippen molar-refractivity contribution in [3.63, 3.8) is 0 Å². The van der Waals surface area contributed by atoms with Crippen LogP contribution >= 0.6 is 11.8 Å². The van der Waals surface area contributed by atoms with Gasteiger partial charge in [0.1, 0.15) is 22.9 Å². The molecule has 1 aromatic heterocycles. The molecule has 2 aromatic carbocycles. The molecule has 0 N–H and O–H groups in total. The van der Waals surface area contributed by atoms with E-state index in [-0.39, 0.29) is 0 Å². The molecule has 170 valence electrons. The summed E-state index contributed by atoms with van der Waals surface area (Å²) < 4.78 is 10.6. The number of ether oxygens (including phenoxy) is 2. The Balaban J connectivity index is 1.74. The van der Waals surface area contributed by atoms with Gasteiger partial charge in [0.05, 0.1) is 14.2 Å². The van der Waals surface area contributed by atoms with Crippen molar-refractivity contribution in [2.75, 3.05) is 20.0 Å². The number of nitrogens with zero attached hydrogens (tertiary/aromatic N) is 3. The third kappa shape index (κ3) is 6.95. The van der Waals surface area contributed by atoms with Gasteiger partial charge in [-0.1, -0.05) is 57.2 Å². The Kier molecular flexibility index (Phi) is 9.82. The average molecular weight is 452 g/mol. The van der Waals surface area contributed by atoms with Crippen molar-refractivity contribution in [1.82, 2.24) is 15.2 Å². The van der Waals surface area contributed by atoms with Gasteiger partial charge in [-0.15, -0.1) is 10.2 Å². The lowest BCUT2D eigenvalue weighted by atomic mass is 10.0. The Morgan fingerprint density at radius 3 is 1.75 bits per heavy atom. The highest BCUT2D eigenvalue weighted by Gasteiger charge is 2.14. The second kappa shape index (κ2) is 13.1. The molecular weight excluding hydrogens is 418 g/mol. The molecule has 0 unspecified atom stereocenters. The van der Waals surface area contributed by atoms with Gasteiger partial charge in [0.15, 0.2) is 0 Å². The lowest BCUT2D eigenvalue weighted by Gasteiger charge is -2.10. The van der Waals surface area contributed by atoms with E-state index >= 15 is 0 Å². The number of aromatic nitrogens is 3. The molecule has 3 aromatic rings. The van der Waals surface area contributed by atoms with E-state index in [4.69, 9.17) is 14.5 Å². The molecule has 6 heteroatoms. The zero-order valence-electron chi connectivity index (χ0n) is 19.3. The third-order valence-corrected chi connectivity index (χ3v) is 6.30. The number of rotatable bonds is 13. The van der Waals surface area contributed by atoms with Gasteiger partial charge in [-0.2, -0.15) is 0 Å². The Hall–Kier alpha value is -2.60. The summed E-state index contributed by atoms with van der Waals surface area (Å²) in [5.74, 6) is 2.64. The monoisotopic (exact) mass is 451 g/mol. The summed E-state index contributed by atoms with van der Waals surface area (Å²) in [6.07, 6.45) is 9.10. The second-order valence-corrected chi connectivity index (χ2v) is 8.78. The van der Waals surface area contributed by atoms with E-state index in [1.54, 1.807) is 26.0 Å². The molecule has 3 rings (SSSR count). The predicted octanol–water partition coefficient (Wildman–Crippen LogP) is 7.07. The highest BCUT2D eigenvalue weighted by molar-refractivity contribution is 7.99. The summed E-state index contributed by atoms with van der Waals surface area (Å²) in [4.78, 5) is 4.89. The number of unbranched alkanes of at least 4 members (excludes halogenated alkanes) is 6. The minimum Gasteiger partial charge on any atom is -0.497 e. The molecule has 0 fully saturated rings. The van der Waals surface area contributed by atoms with Crippen LogP contribution in [0.25, 0.3) is 22.5 Å². The van der Waals surface area contributed by atoms with Crippen LogP contribution in [0.5, 0.6) is 11.5 Å². The maximum atomic E-state index is 5.31. The molecule has 0 aliphatic heterocycles. The number of hydrogen-bond donors (Lipinski definition) is 0. The largest absolute Gasteiger partial charge is 0.497 e. The summed E-state index contributed by atoms with van der Waals surface area (Å²) in [6, 6.07) is 15.8. The highest BCUT2D eigenvalue weighted by Crippen LogP contribution is 2.32. The van der Waals surface area contributed by atoms with Crippen molar-refractivity contribution >= 4 is 11.8 Å². The average Bonchev–Trinajstić information content (AvgIpc) is 2.85. The fraction of sp³-hybridized carbons (Fsp3) is 0.423. The van der Waals surface area contributed by atoms with Crippen LogP contribution in [-0.2, 0) is 0 Å². The Morgan fingerprint density at radius 2 is 1.19 bits per heavy atom. The fourth-order valence-electron chi connectivity index (χ4n) is 3.49. The summed E-state index contributed by atoms with van der Waals surface area (Å²) in [7, 11) is 3.33. The Labute approximate surface area is 196 Å². The van der Waals surface area contributed by atoms with E-state index in [1.165, 1.54) is 44.9 Å². The van der Waals surface area contributed by atoms with Crippen molar-refractivity contribution in [3.8, 4) is 34.0 Å². The van der Waals surface area contributed by atoms with Crippen molar-refractivity contribution in [2.24, 2.45) is 0 Å². The third-order valence-electron chi connectivity index (χ3n) is 5.37. The van der Waals surface area contributed by atoms with E-state index in [0.29, 0.717) is 0 Å². The second-order valence-electron chi connectivity index (χ2n) is 7.72. The van der Waals surface area contributed by atoms with Crippen LogP contribution in [0.2, 0.25) is 0 Å². The van der Waals surface area contributed by atoms with Crippen molar-refractivity contribution < 1.29 is 9.47 Å². The Morgan fingerprint density at radius 1 is 0.656 bits per heavy atom. The first kappa shape index (κ1) is 24.1. The van der Waals surface area contributed by atoms with E-state index in [1.807, 2.05) is 48.5 Å². The molecule has 0 radical (unpaired) electrons. The van der Waals surface area contributed by atoms with Gasteiger partial charge in [0, 0.05) is 16.9 Å². The molecule has 0 aliphatic rings. The molecule has 1 heterocycles. The van der Waals surface area contributed by atoms with Gasteiger partial charge < -0.3 is 9.47 Å². The summed E-state index contributed by atoms with van der Waals surface area (Å²) >= 11 is 1.69. The summed E-state index contributed by atoms with van der Waals surface area (Å²) in [5.41, 5.74) is 3.54. The SMILES string of the molecule is CCCCCCCCCSc1nnc(-c2ccc(OC)cc2)c(-c2ccc(OC)cc2)n1. The molecular formula is C26H33N3O2S. The molecule has 0 spiro atoms. The van der Waals surface area contributed by atoms with Gasteiger partial charge in [0.25, 0.3) is 0 Å². The summed E-state index contributed by atoms with van der Waals surface area (Å²) in [6.45, 7) is 2.25. The van der Waals surface area contributed by atoms with Gasteiger partial charge in [-0.05, 0) is 55.0 Å². The molecule has 0 bridgehead atoms. The molecule has 0 amide bonds. The number of benzene rings is 2. The van der Waals surface area contributed by atoms with Crippen molar-refractivity contribution in [3.05, 3.63) is 48.5 Å². The lowest BCUT2D eigenvalue weighted by molar-refractivity contribution is 0.414. The van der Waals surface area contributed by atoms with Crippen LogP contribution in [-0.4, -0.2) is 35.2 Å². The quantitative estimate of drug-likeness (QED) is 0.205. The normalized spacial score (nSPS) is 10.8. The van der Waals surface area contributed by atoms with Crippen LogP contribution in [0.1, 0.15) is 51.9 Å². The zero-order chi connectivity index (χ0) is 22.6. The Bertz CT molecular complexity index is 946. The van der Waals surface area contributed by atoms with Gasteiger partial charge in [0.2, 0.25) is 5.16 Å². The molecule has 0 saturated heterocycles. The first-order chi connectivity index (χ1) is 15.7. The minimum atomic E-state index is 0.721. The molecule has 0 saturated carbocycles. The molecule has 0 atom stereocenters. The van der Waals surface area contributed by atoms with Gasteiger partial charge >= 0.3 is 0 Å². The smallest absolute Gasteiger partial charge is 0.209 e. The van der Waals surface area contributed by atoms with E-state index in [9.17, 15) is 0 Å². The predicted molar refractivity (Wildman–Crippen MR) is 133 cm³/mol. The number of methoxy groups -OCH3 is 2.